The average Bonchev–Trinajstić information content (AvgIpc) is 2.10. The maximum absolute atomic E-state index is 13.0. The largest absolute Gasteiger partial charge is 0.508 e. The predicted octanol–water partition coefficient (Wildman–Crippen LogP) is 1.11. The van der Waals surface area contributed by atoms with Crippen LogP contribution < -0.4 is 5.90 Å². The summed E-state index contributed by atoms with van der Waals surface area (Å²) in [5.41, 5.74) is -0.0425. The molecule has 78 valence electrons. The molecule has 0 spiro atoms. The first-order valence-electron chi connectivity index (χ1n) is 3.62. The number of halogens is 1. The number of phenolic OH excluding ortho intramolecular Hbond substituents is 1. The van der Waals surface area contributed by atoms with E-state index >= 15 is 0 Å². The van der Waals surface area contributed by atoms with Crippen molar-refractivity contribution >= 4 is 7.60 Å². The van der Waals surface area contributed by atoms with Gasteiger partial charge in [0.15, 0.2) is 0 Å². The van der Waals surface area contributed by atoms with Gasteiger partial charge in [-0.15, -0.1) is 0 Å². The summed E-state index contributed by atoms with van der Waals surface area (Å²) >= 11 is 0. The highest BCUT2D eigenvalue weighted by Crippen LogP contribution is 2.44. The highest BCUT2D eigenvalue weighted by molar-refractivity contribution is 7.51. The van der Waals surface area contributed by atoms with Crippen LogP contribution in [0.5, 0.6) is 5.75 Å². The SMILES string of the molecule is NOP(=O)(O)Cc1ccc(O)cc1F. The topological polar surface area (TPSA) is 92.8 Å². The molecule has 0 aromatic heterocycles. The molecule has 1 rings (SSSR count). The van der Waals surface area contributed by atoms with Crippen molar-refractivity contribution in [1.29, 1.82) is 0 Å². The van der Waals surface area contributed by atoms with Crippen molar-refractivity contribution in [3.63, 3.8) is 0 Å². The van der Waals surface area contributed by atoms with E-state index in [1.54, 1.807) is 0 Å². The van der Waals surface area contributed by atoms with Crippen molar-refractivity contribution in [3.8, 4) is 5.75 Å². The lowest BCUT2D eigenvalue weighted by molar-refractivity contribution is 0.266. The lowest BCUT2D eigenvalue weighted by atomic mass is 10.2. The second kappa shape index (κ2) is 4.06. The molecule has 0 heterocycles. The zero-order valence-corrected chi connectivity index (χ0v) is 7.95. The molecule has 1 aromatic carbocycles. The molecule has 0 aliphatic rings. The summed E-state index contributed by atoms with van der Waals surface area (Å²) in [6, 6.07) is 3.23. The minimum absolute atomic E-state index is 0.0425. The van der Waals surface area contributed by atoms with Gasteiger partial charge in [-0.3, -0.25) is 4.57 Å². The molecule has 1 unspecified atom stereocenters. The number of benzene rings is 1. The van der Waals surface area contributed by atoms with Gasteiger partial charge in [0.25, 0.3) is 0 Å². The molecular weight excluding hydrogens is 212 g/mol. The quantitative estimate of drug-likeness (QED) is 0.525. The van der Waals surface area contributed by atoms with Crippen molar-refractivity contribution in [1.82, 2.24) is 0 Å². The van der Waals surface area contributed by atoms with Crippen molar-refractivity contribution in [2.24, 2.45) is 5.90 Å². The van der Waals surface area contributed by atoms with Crippen molar-refractivity contribution in [2.75, 3.05) is 0 Å². The number of hydrogen-bond donors (Lipinski definition) is 3. The Labute approximate surface area is 79.4 Å². The van der Waals surface area contributed by atoms with Crippen LogP contribution in [0.1, 0.15) is 5.56 Å². The van der Waals surface area contributed by atoms with Gasteiger partial charge in [-0.1, -0.05) is 6.07 Å². The van der Waals surface area contributed by atoms with Crippen LogP contribution in [0, 0.1) is 5.82 Å². The molecule has 0 aliphatic carbocycles. The van der Waals surface area contributed by atoms with Gasteiger partial charge in [-0.05, 0) is 6.07 Å². The predicted molar refractivity (Wildman–Crippen MR) is 46.9 cm³/mol. The van der Waals surface area contributed by atoms with E-state index in [1.807, 2.05) is 0 Å². The molecule has 0 fully saturated rings. The Bertz CT molecular complexity index is 384. The maximum atomic E-state index is 13.0. The molecule has 5 nitrogen and oxygen atoms in total. The summed E-state index contributed by atoms with van der Waals surface area (Å²) in [6.45, 7) is 0. The third-order valence-electron chi connectivity index (χ3n) is 1.57. The number of nitrogens with two attached hydrogens (primary N) is 1. The third kappa shape index (κ3) is 2.78. The standard InChI is InChI=1S/C7H9FNO4P/c8-7-3-6(10)2-1-5(7)4-14(11,12)13-9/h1-3,10H,4,9H2,(H,11,12). The van der Waals surface area contributed by atoms with Crippen LogP contribution in [0.4, 0.5) is 4.39 Å². The van der Waals surface area contributed by atoms with E-state index in [4.69, 9.17) is 10.00 Å². The molecule has 0 bridgehead atoms. The van der Waals surface area contributed by atoms with E-state index in [1.165, 1.54) is 12.1 Å². The molecule has 1 aromatic rings. The molecule has 1 atom stereocenters. The number of hydrogen-bond acceptors (Lipinski definition) is 4. The summed E-state index contributed by atoms with van der Waals surface area (Å²) in [5, 5.41) is 8.87. The molecule has 0 saturated carbocycles. The van der Waals surface area contributed by atoms with Gasteiger partial charge in [0, 0.05) is 11.6 Å². The number of aromatic hydroxyl groups is 1. The zero-order valence-electron chi connectivity index (χ0n) is 7.05. The molecule has 0 radical (unpaired) electrons. The first-order chi connectivity index (χ1) is 6.44. The summed E-state index contributed by atoms with van der Waals surface area (Å²) in [4.78, 5) is 8.95. The first-order valence-corrected chi connectivity index (χ1v) is 5.38. The monoisotopic (exact) mass is 221 g/mol. The Balaban J connectivity index is 2.93. The molecule has 14 heavy (non-hydrogen) atoms. The summed E-state index contributed by atoms with van der Waals surface area (Å²) in [7, 11) is -3.98. The molecule has 0 aliphatic heterocycles. The Kier molecular flexibility index (Phi) is 3.23. The van der Waals surface area contributed by atoms with E-state index in [0.717, 1.165) is 6.07 Å². The van der Waals surface area contributed by atoms with Crippen molar-refractivity contribution < 1.29 is 23.6 Å². The van der Waals surface area contributed by atoms with Crippen LogP contribution in [0.3, 0.4) is 0 Å². The van der Waals surface area contributed by atoms with Crippen LogP contribution in [0.25, 0.3) is 0 Å². The fourth-order valence-corrected chi connectivity index (χ4v) is 1.68. The fourth-order valence-electron chi connectivity index (χ4n) is 0.917. The lowest BCUT2D eigenvalue weighted by Gasteiger charge is -2.08. The van der Waals surface area contributed by atoms with Crippen LogP contribution in [-0.4, -0.2) is 10.00 Å². The van der Waals surface area contributed by atoms with Gasteiger partial charge in [0.1, 0.15) is 11.6 Å². The van der Waals surface area contributed by atoms with E-state index in [9.17, 15) is 8.96 Å². The summed E-state index contributed by atoms with van der Waals surface area (Å²) < 4.78 is 27.8. The second-order valence-corrected chi connectivity index (χ2v) is 4.48. The molecule has 0 amide bonds. The Morgan fingerprint density at radius 2 is 2.21 bits per heavy atom. The van der Waals surface area contributed by atoms with Gasteiger partial charge in [-0.25, -0.2) is 14.9 Å². The van der Waals surface area contributed by atoms with Gasteiger partial charge in [-0.2, -0.15) is 0 Å². The number of phenols is 1. The van der Waals surface area contributed by atoms with Crippen molar-refractivity contribution in [3.05, 3.63) is 29.6 Å². The van der Waals surface area contributed by atoms with E-state index in [2.05, 4.69) is 10.5 Å². The van der Waals surface area contributed by atoms with E-state index < -0.39 is 19.6 Å². The van der Waals surface area contributed by atoms with Gasteiger partial charge >= 0.3 is 7.60 Å². The minimum Gasteiger partial charge on any atom is -0.508 e. The second-order valence-electron chi connectivity index (χ2n) is 2.68. The van der Waals surface area contributed by atoms with E-state index in [0.29, 0.717) is 0 Å². The van der Waals surface area contributed by atoms with Crippen LogP contribution in [-0.2, 0) is 15.4 Å². The molecule has 7 heteroatoms. The Morgan fingerprint density at radius 1 is 1.57 bits per heavy atom. The third-order valence-corrected chi connectivity index (χ3v) is 2.64. The highest BCUT2D eigenvalue weighted by atomic mass is 31.2. The van der Waals surface area contributed by atoms with Gasteiger partial charge in [0.2, 0.25) is 0 Å². The molecule has 4 N–H and O–H groups in total. The van der Waals surface area contributed by atoms with Crippen LogP contribution >= 0.6 is 7.60 Å². The fraction of sp³-hybridized carbons (Fsp3) is 0.143. The molecular formula is C7H9FNO4P. The summed E-state index contributed by atoms with van der Waals surface area (Å²) in [6.07, 6.45) is -0.532. The lowest BCUT2D eigenvalue weighted by Crippen LogP contribution is -2.00. The minimum atomic E-state index is -3.98. The molecule has 0 saturated heterocycles. The first kappa shape index (κ1) is 11.1. The van der Waals surface area contributed by atoms with Gasteiger partial charge in [0.05, 0.1) is 6.16 Å². The summed E-state index contributed by atoms with van der Waals surface area (Å²) in [5.74, 6) is 3.51. The van der Waals surface area contributed by atoms with Crippen LogP contribution in [0.2, 0.25) is 0 Å². The highest BCUT2D eigenvalue weighted by Gasteiger charge is 2.21. The Hall–Kier alpha value is -0.940. The average molecular weight is 221 g/mol. The maximum Gasteiger partial charge on any atom is 0.348 e. The van der Waals surface area contributed by atoms with Gasteiger partial charge < -0.3 is 10.00 Å². The van der Waals surface area contributed by atoms with Crippen molar-refractivity contribution in [2.45, 2.75) is 6.16 Å². The Morgan fingerprint density at radius 3 is 2.71 bits per heavy atom. The number of rotatable bonds is 3. The smallest absolute Gasteiger partial charge is 0.348 e. The van der Waals surface area contributed by atoms with E-state index in [-0.39, 0.29) is 11.3 Å². The van der Waals surface area contributed by atoms with Crippen LogP contribution in [0.15, 0.2) is 18.2 Å². The zero-order chi connectivity index (χ0) is 10.8. The normalized spacial score (nSPS) is 15.1.